The Labute approximate surface area is 211 Å². The summed E-state index contributed by atoms with van der Waals surface area (Å²) < 4.78 is 52.5. The fourth-order valence-electron chi connectivity index (χ4n) is 3.54. The van der Waals surface area contributed by atoms with Crippen LogP contribution in [-0.2, 0) is 24.1 Å². The third-order valence-electron chi connectivity index (χ3n) is 5.49. The highest BCUT2D eigenvalue weighted by atomic mass is 32.1. The number of urea groups is 1. The minimum atomic E-state index is -4.54. The van der Waals surface area contributed by atoms with Crippen LogP contribution in [0.2, 0.25) is 0 Å². The highest BCUT2D eigenvalue weighted by Gasteiger charge is 2.30. The van der Waals surface area contributed by atoms with E-state index in [1.807, 2.05) is 25.3 Å². The Morgan fingerprint density at radius 2 is 1.72 bits per heavy atom. The van der Waals surface area contributed by atoms with Gasteiger partial charge in [-0.15, -0.1) is 11.3 Å². The van der Waals surface area contributed by atoms with Crippen molar-refractivity contribution in [3.63, 3.8) is 0 Å². The van der Waals surface area contributed by atoms with Gasteiger partial charge in [-0.2, -0.15) is 13.2 Å². The van der Waals surface area contributed by atoms with Gasteiger partial charge in [0.25, 0.3) is 0 Å². The smallest absolute Gasteiger partial charge is 0.332 e. The Kier molecular flexibility index (Phi) is 9.08. The molecule has 36 heavy (non-hydrogen) atoms. The highest BCUT2D eigenvalue weighted by Crippen LogP contribution is 2.30. The number of aryl methyl sites for hydroxylation is 1. The van der Waals surface area contributed by atoms with E-state index < -0.39 is 17.8 Å². The van der Waals surface area contributed by atoms with Gasteiger partial charge in [0.1, 0.15) is 12.4 Å². The lowest BCUT2D eigenvalue weighted by atomic mass is 10.2. The Morgan fingerprint density at radius 3 is 2.33 bits per heavy atom. The van der Waals surface area contributed by atoms with E-state index in [0.717, 1.165) is 28.1 Å². The molecule has 0 aliphatic rings. The highest BCUT2D eigenvalue weighted by molar-refractivity contribution is 7.10. The molecule has 3 amide bonds. The van der Waals surface area contributed by atoms with Crippen molar-refractivity contribution in [1.82, 2.24) is 9.80 Å². The Bertz CT molecular complexity index is 1180. The average Bonchev–Trinajstić information content (AvgIpc) is 3.23. The number of amides is 3. The van der Waals surface area contributed by atoms with E-state index in [4.69, 9.17) is 0 Å². The van der Waals surface area contributed by atoms with Crippen LogP contribution in [0.25, 0.3) is 0 Å². The van der Waals surface area contributed by atoms with E-state index in [2.05, 4.69) is 5.32 Å². The van der Waals surface area contributed by atoms with Crippen LogP contribution < -0.4 is 5.32 Å². The lowest BCUT2D eigenvalue weighted by Crippen LogP contribution is -2.44. The van der Waals surface area contributed by atoms with Crippen LogP contribution in [-0.4, -0.2) is 34.8 Å². The minimum absolute atomic E-state index is 0.0132. The number of alkyl halides is 3. The van der Waals surface area contributed by atoms with E-state index in [1.165, 1.54) is 40.5 Å². The summed E-state index contributed by atoms with van der Waals surface area (Å²) in [5.74, 6) is -0.717. The molecule has 0 radical (unpaired) electrons. The monoisotopic (exact) mass is 521 g/mol. The standard InChI is InChI=1S/C26H27F4N3O2S/c1-3-12-32(25(35)31-22-6-4-5-20(14-22)26(28,29)30)17-24(34)33(16-23-18(2)11-13-36-23)15-19-7-9-21(27)10-8-19/h4-11,13-14H,3,12,15-17H2,1-2H3,(H,31,35). The molecule has 3 aromatic rings. The Morgan fingerprint density at radius 1 is 1.00 bits per heavy atom. The van der Waals surface area contributed by atoms with Gasteiger partial charge in [-0.05, 0) is 66.2 Å². The number of nitrogens with zero attached hydrogens (tertiary/aromatic N) is 2. The number of anilines is 1. The number of halogens is 4. The predicted molar refractivity (Wildman–Crippen MR) is 132 cm³/mol. The number of carbonyl (C=O) groups is 2. The topological polar surface area (TPSA) is 52.7 Å². The summed E-state index contributed by atoms with van der Waals surface area (Å²) in [6.07, 6.45) is -3.99. The van der Waals surface area contributed by atoms with Gasteiger partial charge in [0.2, 0.25) is 5.91 Å². The van der Waals surface area contributed by atoms with Crippen molar-refractivity contribution < 1.29 is 27.2 Å². The summed E-state index contributed by atoms with van der Waals surface area (Å²) in [6, 6.07) is 11.5. The summed E-state index contributed by atoms with van der Waals surface area (Å²) in [7, 11) is 0. The fourth-order valence-corrected chi connectivity index (χ4v) is 4.46. The average molecular weight is 522 g/mol. The van der Waals surface area contributed by atoms with Gasteiger partial charge in [-0.3, -0.25) is 4.79 Å². The molecule has 1 N–H and O–H groups in total. The first kappa shape index (κ1) is 27.2. The molecule has 0 fully saturated rings. The summed E-state index contributed by atoms with van der Waals surface area (Å²) in [4.78, 5) is 30.1. The molecule has 3 rings (SSSR count). The maximum atomic E-state index is 13.4. The molecular weight excluding hydrogens is 494 g/mol. The fraction of sp³-hybridized carbons (Fsp3) is 0.308. The number of carbonyl (C=O) groups excluding carboxylic acids is 2. The first-order valence-electron chi connectivity index (χ1n) is 11.3. The number of thiophene rings is 1. The molecule has 5 nitrogen and oxygen atoms in total. The zero-order valence-corrected chi connectivity index (χ0v) is 20.8. The molecule has 0 saturated carbocycles. The molecule has 0 bridgehead atoms. The van der Waals surface area contributed by atoms with Gasteiger partial charge in [-0.1, -0.05) is 25.1 Å². The number of hydrogen-bond acceptors (Lipinski definition) is 3. The molecule has 0 saturated heterocycles. The molecule has 0 unspecified atom stereocenters. The van der Waals surface area contributed by atoms with Crippen LogP contribution in [0.1, 0.15) is 34.9 Å². The number of rotatable bonds is 9. The van der Waals surface area contributed by atoms with Crippen molar-refractivity contribution >= 4 is 29.0 Å². The lowest BCUT2D eigenvalue weighted by Gasteiger charge is -2.28. The van der Waals surface area contributed by atoms with Crippen molar-refractivity contribution in [3.05, 3.63) is 87.4 Å². The third-order valence-corrected chi connectivity index (χ3v) is 6.50. The summed E-state index contributed by atoms with van der Waals surface area (Å²) in [5, 5.41) is 4.40. The van der Waals surface area contributed by atoms with Crippen molar-refractivity contribution in [3.8, 4) is 0 Å². The van der Waals surface area contributed by atoms with Gasteiger partial charge in [0.05, 0.1) is 12.1 Å². The third kappa shape index (κ3) is 7.55. The molecule has 0 aliphatic heterocycles. The summed E-state index contributed by atoms with van der Waals surface area (Å²) >= 11 is 1.51. The van der Waals surface area contributed by atoms with Crippen LogP contribution in [0.4, 0.5) is 28.0 Å². The second kappa shape index (κ2) is 12.0. The van der Waals surface area contributed by atoms with E-state index in [-0.39, 0.29) is 37.0 Å². The molecule has 2 aromatic carbocycles. The van der Waals surface area contributed by atoms with Crippen LogP contribution >= 0.6 is 11.3 Å². The molecular formula is C26H27F4N3O2S. The molecule has 0 aliphatic carbocycles. The van der Waals surface area contributed by atoms with Crippen molar-refractivity contribution in [2.45, 2.75) is 39.5 Å². The van der Waals surface area contributed by atoms with Crippen molar-refractivity contribution in [1.29, 1.82) is 0 Å². The van der Waals surface area contributed by atoms with E-state index in [0.29, 0.717) is 13.0 Å². The number of hydrogen-bond donors (Lipinski definition) is 1. The largest absolute Gasteiger partial charge is 0.416 e. The maximum absolute atomic E-state index is 13.4. The molecule has 1 heterocycles. The van der Waals surface area contributed by atoms with Gasteiger partial charge in [0, 0.05) is 23.7 Å². The van der Waals surface area contributed by atoms with Crippen LogP contribution in [0.15, 0.2) is 60.0 Å². The maximum Gasteiger partial charge on any atom is 0.416 e. The summed E-state index contributed by atoms with van der Waals surface area (Å²) in [6.45, 7) is 4.28. The Balaban J connectivity index is 1.77. The molecule has 10 heteroatoms. The van der Waals surface area contributed by atoms with Gasteiger partial charge in [-0.25, -0.2) is 9.18 Å². The first-order valence-corrected chi connectivity index (χ1v) is 12.2. The summed E-state index contributed by atoms with van der Waals surface area (Å²) in [5.41, 5.74) is 0.870. The van der Waals surface area contributed by atoms with Crippen molar-refractivity contribution in [2.24, 2.45) is 0 Å². The first-order chi connectivity index (χ1) is 17.1. The zero-order valence-electron chi connectivity index (χ0n) is 19.9. The minimum Gasteiger partial charge on any atom is -0.332 e. The van der Waals surface area contributed by atoms with Gasteiger partial charge in [0.15, 0.2) is 0 Å². The van der Waals surface area contributed by atoms with E-state index >= 15 is 0 Å². The van der Waals surface area contributed by atoms with Crippen LogP contribution in [0.3, 0.4) is 0 Å². The predicted octanol–water partition coefficient (Wildman–Crippen LogP) is 6.69. The van der Waals surface area contributed by atoms with Crippen LogP contribution in [0.5, 0.6) is 0 Å². The van der Waals surface area contributed by atoms with E-state index in [1.54, 1.807) is 17.0 Å². The SMILES string of the molecule is CCCN(CC(=O)N(Cc1ccc(F)cc1)Cc1sccc1C)C(=O)Nc1cccc(C(F)(F)F)c1. The quantitative estimate of drug-likeness (QED) is 0.319. The second-order valence-corrected chi connectivity index (χ2v) is 9.33. The normalized spacial score (nSPS) is 11.3. The van der Waals surface area contributed by atoms with Crippen LogP contribution in [0, 0.1) is 12.7 Å². The Hall–Kier alpha value is -3.40. The molecule has 0 atom stereocenters. The number of benzene rings is 2. The van der Waals surface area contributed by atoms with Crippen molar-refractivity contribution in [2.75, 3.05) is 18.4 Å². The lowest BCUT2D eigenvalue weighted by molar-refractivity contribution is -0.137. The van der Waals surface area contributed by atoms with E-state index in [9.17, 15) is 27.2 Å². The van der Waals surface area contributed by atoms with Gasteiger partial charge < -0.3 is 15.1 Å². The molecule has 1 aromatic heterocycles. The second-order valence-electron chi connectivity index (χ2n) is 8.33. The molecule has 0 spiro atoms. The zero-order chi connectivity index (χ0) is 26.3. The number of nitrogens with one attached hydrogen (secondary N) is 1. The molecule has 192 valence electrons. The van der Waals surface area contributed by atoms with Gasteiger partial charge >= 0.3 is 12.2 Å².